The SMILES string of the molecule is NC(=O)c1cc(OC2CCN(Cc3ccccc3)CC2)nc(-c2ccccc2)n1. The normalized spacial score (nSPS) is 15.2. The molecule has 2 aromatic carbocycles. The van der Waals surface area contributed by atoms with E-state index in [4.69, 9.17) is 10.5 Å². The second-order valence-corrected chi connectivity index (χ2v) is 7.22. The highest BCUT2D eigenvalue weighted by Gasteiger charge is 2.22. The van der Waals surface area contributed by atoms with Gasteiger partial charge in [-0.3, -0.25) is 9.69 Å². The number of primary amides is 1. The zero-order valence-corrected chi connectivity index (χ0v) is 16.2. The first-order valence-corrected chi connectivity index (χ1v) is 9.84. The Morgan fingerprint density at radius 3 is 2.31 bits per heavy atom. The highest BCUT2D eigenvalue weighted by molar-refractivity contribution is 5.91. The molecule has 0 spiro atoms. The molecule has 2 heterocycles. The highest BCUT2D eigenvalue weighted by Crippen LogP contribution is 2.23. The number of nitrogens with zero attached hydrogens (tertiary/aromatic N) is 3. The lowest BCUT2D eigenvalue weighted by Gasteiger charge is -2.32. The number of likely N-dealkylation sites (tertiary alicyclic amines) is 1. The average Bonchev–Trinajstić information content (AvgIpc) is 2.76. The van der Waals surface area contributed by atoms with Crippen LogP contribution in [0.25, 0.3) is 11.4 Å². The lowest BCUT2D eigenvalue weighted by Crippen LogP contribution is -2.38. The van der Waals surface area contributed by atoms with Crippen LogP contribution in [0.15, 0.2) is 66.7 Å². The summed E-state index contributed by atoms with van der Waals surface area (Å²) in [5.41, 5.74) is 7.76. The third kappa shape index (κ3) is 4.97. The molecule has 148 valence electrons. The van der Waals surface area contributed by atoms with Crippen LogP contribution in [0.3, 0.4) is 0 Å². The summed E-state index contributed by atoms with van der Waals surface area (Å²) in [5.74, 6) is 0.250. The summed E-state index contributed by atoms with van der Waals surface area (Å²) in [6.45, 7) is 2.86. The molecule has 3 aromatic rings. The molecule has 4 rings (SSSR count). The standard InChI is InChI=1S/C23H24N4O2/c24-22(28)20-15-21(26-23(25-20)18-9-5-2-6-10-18)29-19-11-13-27(14-12-19)16-17-7-3-1-4-8-17/h1-10,15,19H,11-14,16H2,(H2,24,28). The summed E-state index contributed by atoms with van der Waals surface area (Å²) in [4.78, 5) is 22.9. The molecule has 1 aliphatic rings. The Morgan fingerprint density at radius 2 is 1.66 bits per heavy atom. The molecule has 2 N–H and O–H groups in total. The van der Waals surface area contributed by atoms with Crippen molar-refractivity contribution in [1.82, 2.24) is 14.9 Å². The molecule has 0 aliphatic carbocycles. The second-order valence-electron chi connectivity index (χ2n) is 7.22. The lowest BCUT2D eigenvalue weighted by atomic mass is 10.1. The van der Waals surface area contributed by atoms with Crippen molar-refractivity contribution in [3.63, 3.8) is 0 Å². The zero-order chi connectivity index (χ0) is 20.1. The molecule has 1 fully saturated rings. The van der Waals surface area contributed by atoms with Crippen molar-refractivity contribution in [3.05, 3.63) is 78.0 Å². The number of hydrogen-bond donors (Lipinski definition) is 1. The highest BCUT2D eigenvalue weighted by atomic mass is 16.5. The predicted octanol–water partition coefficient (Wildman–Crippen LogP) is 3.29. The van der Waals surface area contributed by atoms with Gasteiger partial charge in [0.25, 0.3) is 5.91 Å². The van der Waals surface area contributed by atoms with Crippen molar-refractivity contribution >= 4 is 5.91 Å². The number of ether oxygens (including phenoxy) is 1. The van der Waals surface area contributed by atoms with Crippen LogP contribution in [-0.2, 0) is 6.54 Å². The van der Waals surface area contributed by atoms with E-state index in [2.05, 4.69) is 39.1 Å². The number of benzene rings is 2. The lowest BCUT2D eigenvalue weighted by molar-refractivity contribution is 0.0922. The Kier molecular flexibility index (Phi) is 5.81. The number of nitrogens with two attached hydrogens (primary N) is 1. The van der Waals surface area contributed by atoms with Gasteiger partial charge in [0.2, 0.25) is 5.88 Å². The predicted molar refractivity (Wildman–Crippen MR) is 111 cm³/mol. The first-order valence-electron chi connectivity index (χ1n) is 9.84. The van der Waals surface area contributed by atoms with E-state index in [1.54, 1.807) is 0 Å². The fourth-order valence-electron chi connectivity index (χ4n) is 3.53. The van der Waals surface area contributed by atoms with Crippen LogP contribution in [0.4, 0.5) is 0 Å². The fraction of sp³-hybridized carbons (Fsp3) is 0.261. The number of carbonyl (C=O) groups excluding carboxylic acids is 1. The molecule has 0 unspecified atom stereocenters. The van der Waals surface area contributed by atoms with E-state index in [-0.39, 0.29) is 11.8 Å². The first-order chi connectivity index (χ1) is 14.2. The molecule has 0 atom stereocenters. The van der Waals surface area contributed by atoms with Gasteiger partial charge in [0.15, 0.2) is 5.82 Å². The van der Waals surface area contributed by atoms with E-state index in [0.29, 0.717) is 11.7 Å². The Balaban J connectivity index is 1.43. The van der Waals surface area contributed by atoms with Gasteiger partial charge in [-0.1, -0.05) is 60.7 Å². The van der Waals surface area contributed by atoms with Crippen molar-refractivity contribution in [3.8, 4) is 17.3 Å². The van der Waals surface area contributed by atoms with Crippen molar-refractivity contribution in [1.29, 1.82) is 0 Å². The molecule has 29 heavy (non-hydrogen) atoms. The van der Waals surface area contributed by atoms with Gasteiger partial charge in [-0.15, -0.1) is 0 Å². The van der Waals surface area contributed by atoms with Crippen LogP contribution in [0.1, 0.15) is 28.9 Å². The third-order valence-electron chi connectivity index (χ3n) is 5.06. The quantitative estimate of drug-likeness (QED) is 0.701. The molecule has 0 bridgehead atoms. The molecule has 6 heteroatoms. The smallest absolute Gasteiger partial charge is 0.267 e. The average molecular weight is 388 g/mol. The summed E-state index contributed by atoms with van der Waals surface area (Å²) in [5, 5.41) is 0. The second kappa shape index (κ2) is 8.84. The largest absolute Gasteiger partial charge is 0.474 e. The fourth-order valence-corrected chi connectivity index (χ4v) is 3.53. The molecular formula is C23H24N4O2. The third-order valence-corrected chi connectivity index (χ3v) is 5.06. The van der Waals surface area contributed by atoms with E-state index in [1.807, 2.05) is 36.4 Å². The minimum atomic E-state index is -0.591. The van der Waals surface area contributed by atoms with Gasteiger partial charge in [0, 0.05) is 31.3 Å². The topological polar surface area (TPSA) is 81.3 Å². The number of piperidine rings is 1. The first kappa shape index (κ1) is 19.1. The zero-order valence-electron chi connectivity index (χ0n) is 16.2. The number of amides is 1. The Labute approximate surface area is 170 Å². The maximum absolute atomic E-state index is 11.7. The summed E-state index contributed by atoms with van der Waals surface area (Å²) >= 11 is 0. The molecule has 1 amide bonds. The molecule has 0 saturated carbocycles. The van der Waals surface area contributed by atoms with Gasteiger partial charge in [-0.05, 0) is 18.4 Å². The van der Waals surface area contributed by atoms with E-state index in [9.17, 15) is 4.79 Å². The van der Waals surface area contributed by atoms with Crippen molar-refractivity contribution in [2.24, 2.45) is 5.73 Å². The van der Waals surface area contributed by atoms with Crippen LogP contribution >= 0.6 is 0 Å². The van der Waals surface area contributed by atoms with Gasteiger partial charge in [0.05, 0.1) is 0 Å². The van der Waals surface area contributed by atoms with Gasteiger partial charge in [-0.2, -0.15) is 4.98 Å². The minimum Gasteiger partial charge on any atom is -0.474 e. The minimum absolute atomic E-state index is 0.0567. The van der Waals surface area contributed by atoms with Crippen molar-refractivity contribution in [2.75, 3.05) is 13.1 Å². The van der Waals surface area contributed by atoms with Crippen LogP contribution in [0, 0.1) is 0 Å². The van der Waals surface area contributed by atoms with Crippen LogP contribution in [0.2, 0.25) is 0 Å². The summed E-state index contributed by atoms with van der Waals surface area (Å²) < 4.78 is 6.12. The molecule has 1 saturated heterocycles. The van der Waals surface area contributed by atoms with Gasteiger partial charge >= 0.3 is 0 Å². The van der Waals surface area contributed by atoms with E-state index >= 15 is 0 Å². The number of aromatic nitrogens is 2. The molecular weight excluding hydrogens is 364 g/mol. The number of carbonyl (C=O) groups is 1. The Bertz CT molecular complexity index is 955. The van der Waals surface area contributed by atoms with Gasteiger partial charge in [-0.25, -0.2) is 4.98 Å². The summed E-state index contributed by atoms with van der Waals surface area (Å²) in [7, 11) is 0. The van der Waals surface area contributed by atoms with Crippen molar-refractivity contribution in [2.45, 2.75) is 25.5 Å². The van der Waals surface area contributed by atoms with Gasteiger partial charge in [0.1, 0.15) is 11.8 Å². The van der Waals surface area contributed by atoms with Crippen LogP contribution in [0.5, 0.6) is 5.88 Å². The number of hydrogen-bond acceptors (Lipinski definition) is 5. The molecule has 0 radical (unpaired) electrons. The molecule has 1 aliphatic heterocycles. The van der Waals surface area contributed by atoms with Crippen LogP contribution < -0.4 is 10.5 Å². The van der Waals surface area contributed by atoms with Crippen molar-refractivity contribution < 1.29 is 9.53 Å². The maximum atomic E-state index is 11.7. The summed E-state index contributed by atoms with van der Waals surface area (Å²) in [6, 6.07) is 21.5. The Morgan fingerprint density at radius 1 is 1.00 bits per heavy atom. The molecule has 6 nitrogen and oxygen atoms in total. The number of rotatable bonds is 6. The van der Waals surface area contributed by atoms with E-state index in [0.717, 1.165) is 38.0 Å². The monoisotopic (exact) mass is 388 g/mol. The summed E-state index contributed by atoms with van der Waals surface area (Å²) in [6.07, 6.45) is 1.87. The Hall–Kier alpha value is -3.25. The van der Waals surface area contributed by atoms with Gasteiger partial charge < -0.3 is 10.5 Å². The van der Waals surface area contributed by atoms with Crippen LogP contribution in [-0.4, -0.2) is 40.0 Å². The molecule has 1 aromatic heterocycles. The van der Waals surface area contributed by atoms with E-state index < -0.39 is 5.91 Å². The maximum Gasteiger partial charge on any atom is 0.267 e. The van der Waals surface area contributed by atoms with E-state index in [1.165, 1.54) is 11.6 Å².